The van der Waals surface area contributed by atoms with E-state index in [2.05, 4.69) is 17.5 Å². The van der Waals surface area contributed by atoms with E-state index in [0.29, 0.717) is 0 Å². The zero-order valence-corrected chi connectivity index (χ0v) is 10.7. The van der Waals surface area contributed by atoms with Gasteiger partial charge in [-0.1, -0.05) is 31.4 Å². The molecule has 2 heteroatoms. The molecule has 3 aliphatic rings. The molecule has 0 spiro atoms. The van der Waals surface area contributed by atoms with E-state index in [1.165, 1.54) is 32.1 Å². The summed E-state index contributed by atoms with van der Waals surface area (Å²) in [7, 11) is 0. The van der Waals surface area contributed by atoms with Crippen molar-refractivity contribution in [2.24, 2.45) is 17.8 Å². The highest BCUT2D eigenvalue weighted by Gasteiger charge is 2.36. The van der Waals surface area contributed by atoms with Gasteiger partial charge in [-0.3, -0.25) is 0 Å². The zero-order valence-electron chi connectivity index (χ0n) is 10.7. The molecule has 2 nitrogen and oxygen atoms in total. The average molecular weight is 235 g/mol. The van der Waals surface area contributed by atoms with Crippen molar-refractivity contribution in [2.45, 2.75) is 50.5 Å². The van der Waals surface area contributed by atoms with E-state index in [-0.39, 0.29) is 0 Å². The third-order valence-corrected chi connectivity index (χ3v) is 5.06. The molecule has 2 fully saturated rings. The largest absolute Gasteiger partial charge is 0.389 e. The van der Waals surface area contributed by atoms with Gasteiger partial charge < -0.3 is 10.4 Å². The molecule has 96 valence electrons. The Morgan fingerprint density at radius 3 is 2.59 bits per heavy atom. The van der Waals surface area contributed by atoms with Crippen molar-refractivity contribution >= 4 is 0 Å². The lowest BCUT2D eigenvalue weighted by molar-refractivity contribution is 0.00413. The number of aliphatic hydroxyl groups is 1. The summed E-state index contributed by atoms with van der Waals surface area (Å²) in [5.74, 6) is 2.52. The highest BCUT2D eigenvalue weighted by molar-refractivity contribution is 5.10. The van der Waals surface area contributed by atoms with Gasteiger partial charge in [0.1, 0.15) is 0 Å². The molecular weight excluding hydrogens is 210 g/mol. The molecule has 3 atom stereocenters. The monoisotopic (exact) mass is 235 g/mol. The molecule has 2 saturated carbocycles. The van der Waals surface area contributed by atoms with Gasteiger partial charge in [-0.15, -0.1) is 0 Å². The van der Waals surface area contributed by atoms with Crippen LogP contribution in [0.2, 0.25) is 0 Å². The van der Waals surface area contributed by atoms with E-state index in [4.69, 9.17) is 0 Å². The summed E-state index contributed by atoms with van der Waals surface area (Å²) < 4.78 is 0. The van der Waals surface area contributed by atoms with Crippen LogP contribution in [-0.4, -0.2) is 23.8 Å². The molecule has 0 saturated heterocycles. The third kappa shape index (κ3) is 2.58. The second-order valence-corrected chi connectivity index (χ2v) is 6.46. The maximum atomic E-state index is 10.4. The maximum absolute atomic E-state index is 10.4. The van der Waals surface area contributed by atoms with Crippen molar-refractivity contribution in [1.82, 2.24) is 5.32 Å². The molecule has 0 heterocycles. The fourth-order valence-electron chi connectivity index (χ4n) is 4.01. The quantitative estimate of drug-likeness (QED) is 0.734. The minimum atomic E-state index is -0.397. The number of rotatable bonds is 4. The highest BCUT2D eigenvalue weighted by Crippen LogP contribution is 2.43. The predicted octanol–water partition coefficient (Wildman–Crippen LogP) is 2.48. The first-order valence-electron chi connectivity index (χ1n) is 7.37. The minimum Gasteiger partial charge on any atom is -0.389 e. The summed E-state index contributed by atoms with van der Waals surface area (Å²) >= 11 is 0. The Bertz CT molecular complexity index is 293. The van der Waals surface area contributed by atoms with E-state index in [0.717, 1.165) is 43.7 Å². The van der Waals surface area contributed by atoms with Crippen LogP contribution < -0.4 is 5.32 Å². The van der Waals surface area contributed by atoms with Crippen molar-refractivity contribution in [3.05, 3.63) is 12.2 Å². The topological polar surface area (TPSA) is 32.3 Å². The van der Waals surface area contributed by atoms with Crippen LogP contribution in [0.4, 0.5) is 0 Å². The second-order valence-electron chi connectivity index (χ2n) is 6.46. The van der Waals surface area contributed by atoms with Crippen LogP contribution in [0.1, 0.15) is 44.9 Å². The van der Waals surface area contributed by atoms with Crippen molar-refractivity contribution in [3.63, 3.8) is 0 Å². The lowest BCUT2D eigenvalue weighted by Gasteiger charge is -2.33. The van der Waals surface area contributed by atoms with Crippen molar-refractivity contribution in [3.8, 4) is 0 Å². The normalized spacial score (nSPS) is 38.8. The Morgan fingerprint density at radius 1 is 1.12 bits per heavy atom. The number of hydrogen-bond donors (Lipinski definition) is 2. The van der Waals surface area contributed by atoms with Crippen molar-refractivity contribution in [2.75, 3.05) is 13.1 Å². The SMILES string of the molecule is OC1(CNCC2CC3C=CC2C3)CCCCC1. The van der Waals surface area contributed by atoms with E-state index in [1.54, 1.807) is 0 Å². The molecular formula is C15H25NO. The molecule has 3 unspecified atom stereocenters. The molecule has 0 aromatic rings. The lowest BCUT2D eigenvalue weighted by Crippen LogP contribution is -2.43. The van der Waals surface area contributed by atoms with Gasteiger partial charge in [-0.25, -0.2) is 0 Å². The number of hydrogen-bond acceptors (Lipinski definition) is 2. The van der Waals surface area contributed by atoms with Crippen LogP contribution in [0, 0.1) is 17.8 Å². The zero-order chi connectivity index (χ0) is 11.7. The Hall–Kier alpha value is -0.340. The predicted molar refractivity (Wildman–Crippen MR) is 69.7 cm³/mol. The Kier molecular flexibility index (Phi) is 3.27. The van der Waals surface area contributed by atoms with Gasteiger partial charge >= 0.3 is 0 Å². The molecule has 17 heavy (non-hydrogen) atoms. The first-order valence-corrected chi connectivity index (χ1v) is 7.37. The molecule has 3 aliphatic carbocycles. The summed E-state index contributed by atoms with van der Waals surface area (Å²) in [6.45, 7) is 1.92. The molecule has 0 aromatic carbocycles. The van der Waals surface area contributed by atoms with E-state index in [1.807, 2.05) is 0 Å². The van der Waals surface area contributed by atoms with Gasteiger partial charge in [0.15, 0.2) is 0 Å². The second kappa shape index (κ2) is 4.74. The van der Waals surface area contributed by atoms with E-state index in [9.17, 15) is 5.11 Å². The Balaban J connectivity index is 1.41. The summed E-state index contributed by atoms with van der Waals surface area (Å²) in [5.41, 5.74) is -0.397. The van der Waals surface area contributed by atoms with E-state index >= 15 is 0 Å². The van der Waals surface area contributed by atoms with Crippen LogP contribution in [0.3, 0.4) is 0 Å². The lowest BCUT2D eigenvalue weighted by atomic mass is 9.84. The number of allylic oxidation sites excluding steroid dienone is 2. The van der Waals surface area contributed by atoms with E-state index < -0.39 is 5.60 Å². The van der Waals surface area contributed by atoms with Gasteiger partial charge in [0.2, 0.25) is 0 Å². The molecule has 3 rings (SSSR count). The fraction of sp³-hybridized carbons (Fsp3) is 0.867. The molecule has 0 aliphatic heterocycles. The third-order valence-electron chi connectivity index (χ3n) is 5.06. The van der Waals surface area contributed by atoms with Gasteiger partial charge in [0, 0.05) is 6.54 Å². The van der Waals surface area contributed by atoms with Crippen LogP contribution >= 0.6 is 0 Å². The molecule has 2 N–H and O–H groups in total. The standard InChI is InChI=1S/C15H25NO/c17-15(6-2-1-3-7-15)11-16-10-14-9-12-4-5-13(14)8-12/h4-5,12-14,16-17H,1-3,6-11H2. The van der Waals surface area contributed by atoms with Crippen molar-refractivity contribution < 1.29 is 5.11 Å². The Labute approximate surface area is 104 Å². The van der Waals surface area contributed by atoms with Gasteiger partial charge in [0.05, 0.1) is 5.60 Å². The number of fused-ring (bicyclic) bond motifs is 2. The van der Waals surface area contributed by atoms with Crippen LogP contribution in [0.5, 0.6) is 0 Å². The van der Waals surface area contributed by atoms with Crippen molar-refractivity contribution in [1.29, 1.82) is 0 Å². The van der Waals surface area contributed by atoms with Gasteiger partial charge in [-0.2, -0.15) is 0 Å². The van der Waals surface area contributed by atoms with Crippen LogP contribution in [-0.2, 0) is 0 Å². The minimum absolute atomic E-state index is 0.397. The Morgan fingerprint density at radius 2 is 1.94 bits per heavy atom. The van der Waals surface area contributed by atoms with Gasteiger partial charge in [0.25, 0.3) is 0 Å². The first kappa shape index (κ1) is 11.7. The molecule has 0 aromatic heterocycles. The molecule has 0 radical (unpaired) electrons. The average Bonchev–Trinajstić information content (AvgIpc) is 2.92. The summed E-state index contributed by atoms with van der Waals surface area (Å²) in [5, 5.41) is 13.9. The number of nitrogens with one attached hydrogen (secondary N) is 1. The summed E-state index contributed by atoms with van der Waals surface area (Å²) in [4.78, 5) is 0. The van der Waals surface area contributed by atoms with Crippen LogP contribution in [0.25, 0.3) is 0 Å². The first-order chi connectivity index (χ1) is 8.25. The highest BCUT2D eigenvalue weighted by atomic mass is 16.3. The molecule has 0 amide bonds. The summed E-state index contributed by atoms with van der Waals surface area (Å²) in [6.07, 6.45) is 13.3. The fourth-order valence-corrected chi connectivity index (χ4v) is 4.01. The van der Waals surface area contributed by atoms with Gasteiger partial charge in [-0.05, 0) is 50.0 Å². The molecule has 2 bridgehead atoms. The summed E-state index contributed by atoms with van der Waals surface area (Å²) in [6, 6.07) is 0. The van der Waals surface area contributed by atoms with Crippen LogP contribution in [0.15, 0.2) is 12.2 Å². The smallest absolute Gasteiger partial charge is 0.0771 e. The maximum Gasteiger partial charge on any atom is 0.0771 e.